The summed E-state index contributed by atoms with van der Waals surface area (Å²) in [4.78, 5) is 47.7. The molecule has 0 aliphatic carbocycles. The van der Waals surface area contributed by atoms with Gasteiger partial charge in [-0.3, -0.25) is 9.59 Å². The summed E-state index contributed by atoms with van der Waals surface area (Å²) in [5, 5.41) is 0. The average molecular weight is 338 g/mol. The first-order chi connectivity index (χ1) is 12.1. The Morgan fingerprint density at radius 3 is 1.96 bits per heavy atom. The topological polar surface area (TPSA) is 86.7 Å². The third kappa shape index (κ3) is 3.63. The van der Waals surface area contributed by atoms with Crippen LogP contribution < -0.4 is 0 Å². The van der Waals surface area contributed by atoms with Crippen molar-refractivity contribution in [2.75, 3.05) is 6.61 Å². The number of hydrogen-bond acceptors (Lipinski definition) is 6. The molecule has 2 aromatic rings. The zero-order valence-corrected chi connectivity index (χ0v) is 13.1. The minimum Gasteiger partial charge on any atom is -0.463 e. The molecule has 1 heterocycles. The molecule has 6 heteroatoms. The lowest BCUT2D eigenvalue weighted by molar-refractivity contribution is -0.145. The molecule has 3 rings (SSSR count). The van der Waals surface area contributed by atoms with Crippen molar-refractivity contribution in [2.45, 2.75) is 12.5 Å². The van der Waals surface area contributed by atoms with Gasteiger partial charge in [0.25, 0.3) is 0 Å². The van der Waals surface area contributed by atoms with Gasteiger partial charge in [0.05, 0.1) is 12.2 Å². The Morgan fingerprint density at radius 2 is 1.40 bits per heavy atom. The van der Waals surface area contributed by atoms with Gasteiger partial charge in [0.1, 0.15) is 0 Å². The van der Waals surface area contributed by atoms with E-state index in [-0.39, 0.29) is 17.7 Å². The zero-order valence-electron chi connectivity index (χ0n) is 13.1. The second-order valence-electron chi connectivity index (χ2n) is 5.45. The van der Waals surface area contributed by atoms with Crippen LogP contribution in [0.2, 0.25) is 0 Å². The fourth-order valence-corrected chi connectivity index (χ4v) is 2.39. The molecule has 0 aromatic heterocycles. The second kappa shape index (κ2) is 7.09. The van der Waals surface area contributed by atoms with Crippen LogP contribution in [0.25, 0.3) is 0 Å². The maximum Gasteiger partial charge on any atom is 0.347 e. The number of benzene rings is 2. The summed E-state index contributed by atoms with van der Waals surface area (Å²) in [7, 11) is 0. The van der Waals surface area contributed by atoms with E-state index in [1.807, 2.05) is 0 Å². The van der Waals surface area contributed by atoms with Crippen LogP contribution in [-0.4, -0.2) is 36.2 Å². The highest BCUT2D eigenvalue weighted by Gasteiger charge is 2.30. The summed E-state index contributed by atoms with van der Waals surface area (Å²) in [5.74, 6) is -2.53. The van der Waals surface area contributed by atoms with Gasteiger partial charge in [0, 0.05) is 17.5 Å². The number of esters is 2. The molecule has 0 unspecified atom stereocenters. The van der Waals surface area contributed by atoms with Gasteiger partial charge >= 0.3 is 11.9 Å². The quantitative estimate of drug-likeness (QED) is 0.472. The first-order valence-electron chi connectivity index (χ1n) is 7.68. The molecule has 1 fully saturated rings. The Hall–Kier alpha value is -3.28. The van der Waals surface area contributed by atoms with Crippen molar-refractivity contribution in [3.8, 4) is 0 Å². The standard InChI is InChI=1S/C19H14O6/c20-16(12-4-2-1-3-5-12)17(21)13-6-8-14(9-7-13)18(22)25-15-10-11-24-19(15)23/h1-9,15H,10-11H2/t15-/m1/s1. The zero-order chi connectivity index (χ0) is 17.8. The number of ether oxygens (including phenoxy) is 2. The number of hydrogen-bond donors (Lipinski definition) is 0. The van der Waals surface area contributed by atoms with E-state index in [0.717, 1.165) is 0 Å². The van der Waals surface area contributed by atoms with Crippen LogP contribution in [0.1, 0.15) is 37.5 Å². The summed E-state index contributed by atoms with van der Waals surface area (Å²) in [6, 6.07) is 13.8. The van der Waals surface area contributed by atoms with E-state index < -0.39 is 29.6 Å². The highest BCUT2D eigenvalue weighted by Crippen LogP contribution is 2.15. The molecule has 0 bridgehead atoms. The van der Waals surface area contributed by atoms with E-state index in [4.69, 9.17) is 9.47 Å². The number of ketones is 2. The second-order valence-corrected chi connectivity index (χ2v) is 5.45. The third-order valence-electron chi connectivity index (χ3n) is 3.76. The van der Waals surface area contributed by atoms with Crippen LogP contribution in [0.5, 0.6) is 0 Å². The molecule has 1 aliphatic rings. The van der Waals surface area contributed by atoms with Crippen LogP contribution >= 0.6 is 0 Å². The molecule has 0 saturated carbocycles. The van der Waals surface area contributed by atoms with Crippen LogP contribution in [0.4, 0.5) is 0 Å². The van der Waals surface area contributed by atoms with Crippen LogP contribution in [0.15, 0.2) is 54.6 Å². The summed E-state index contributed by atoms with van der Waals surface area (Å²) in [6.45, 7) is 0.228. The molecule has 126 valence electrons. The molecule has 0 amide bonds. The van der Waals surface area contributed by atoms with Crippen molar-refractivity contribution < 1.29 is 28.7 Å². The van der Waals surface area contributed by atoms with Crippen molar-refractivity contribution in [2.24, 2.45) is 0 Å². The number of carbonyl (C=O) groups is 4. The lowest BCUT2D eigenvalue weighted by atomic mass is 10.0. The lowest BCUT2D eigenvalue weighted by Gasteiger charge is -2.08. The van der Waals surface area contributed by atoms with E-state index in [2.05, 4.69) is 0 Å². The molecule has 25 heavy (non-hydrogen) atoms. The van der Waals surface area contributed by atoms with Crippen molar-refractivity contribution in [3.63, 3.8) is 0 Å². The van der Waals surface area contributed by atoms with Gasteiger partial charge < -0.3 is 9.47 Å². The SMILES string of the molecule is O=C(O[C@@H]1CCOC1=O)c1ccc(C(=O)C(=O)c2ccccc2)cc1. The smallest absolute Gasteiger partial charge is 0.347 e. The summed E-state index contributed by atoms with van der Waals surface area (Å²) >= 11 is 0. The van der Waals surface area contributed by atoms with Crippen molar-refractivity contribution >= 4 is 23.5 Å². The maximum atomic E-state index is 12.2. The lowest BCUT2D eigenvalue weighted by Crippen LogP contribution is -2.22. The largest absolute Gasteiger partial charge is 0.463 e. The highest BCUT2D eigenvalue weighted by atomic mass is 16.6. The van der Waals surface area contributed by atoms with E-state index >= 15 is 0 Å². The Labute approximate surface area is 143 Å². The predicted molar refractivity (Wildman–Crippen MR) is 86.3 cm³/mol. The van der Waals surface area contributed by atoms with Gasteiger partial charge in [-0.05, 0) is 12.1 Å². The first kappa shape index (κ1) is 16.6. The fourth-order valence-electron chi connectivity index (χ4n) is 2.39. The van der Waals surface area contributed by atoms with Crippen molar-refractivity contribution in [1.82, 2.24) is 0 Å². The molecule has 1 aliphatic heterocycles. The first-order valence-corrected chi connectivity index (χ1v) is 7.68. The molecule has 0 N–H and O–H groups in total. The van der Waals surface area contributed by atoms with Crippen LogP contribution in [0, 0.1) is 0 Å². The van der Waals surface area contributed by atoms with Gasteiger partial charge in [-0.15, -0.1) is 0 Å². The average Bonchev–Trinajstić information content (AvgIpc) is 3.06. The van der Waals surface area contributed by atoms with E-state index in [9.17, 15) is 19.2 Å². The molecule has 1 atom stereocenters. The number of rotatable bonds is 5. The fraction of sp³-hybridized carbons (Fsp3) is 0.158. The summed E-state index contributed by atoms with van der Waals surface area (Å²) < 4.78 is 9.78. The van der Waals surface area contributed by atoms with Crippen molar-refractivity contribution in [1.29, 1.82) is 0 Å². The predicted octanol–water partition coefficient (Wildman–Crippen LogP) is 2.22. The van der Waals surface area contributed by atoms with Crippen molar-refractivity contribution in [3.05, 3.63) is 71.3 Å². The molecular weight excluding hydrogens is 324 g/mol. The molecular formula is C19H14O6. The van der Waals surface area contributed by atoms with E-state index in [0.29, 0.717) is 12.0 Å². The minimum absolute atomic E-state index is 0.172. The number of carbonyl (C=O) groups excluding carboxylic acids is 4. The maximum absolute atomic E-state index is 12.2. The van der Waals surface area contributed by atoms with E-state index in [1.54, 1.807) is 30.3 Å². The molecule has 0 radical (unpaired) electrons. The van der Waals surface area contributed by atoms with Gasteiger partial charge in [0.15, 0.2) is 0 Å². The number of Topliss-reactive ketones (excluding diaryl/α,β-unsaturated/α-hetero) is 2. The van der Waals surface area contributed by atoms with Gasteiger partial charge in [-0.1, -0.05) is 42.5 Å². The third-order valence-corrected chi connectivity index (χ3v) is 3.76. The monoisotopic (exact) mass is 338 g/mol. The van der Waals surface area contributed by atoms with Gasteiger partial charge in [-0.2, -0.15) is 0 Å². The molecule has 6 nitrogen and oxygen atoms in total. The number of cyclic esters (lactones) is 1. The highest BCUT2D eigenvalue weighted by molar-refractivity contribution is 6.49. The van der Waals surface area contributed by atoms with Crippen LogP contribution in [-0.2, 0) is 14.3 Å². The summed E-state index contributed by atoms with van der Waals surface area (Å²) in [5.41, 5.74) is 0.657. The Bertz CT molecular complexity index is 823. The minimum atomic E-state index is -0.895. The van der Waals surface area contributed by atoms with Gasteiger partial charge in [-0.25, -0.2) is 9.59 Å². The summed E-state index contributed by atoms with van der Waals surface area (Å²) in [6.07, 6.45) is -0.569. The molecule has 0 spiro atoms. The Balaban J connectivity index is 1.69. The van der Waals surface area contributed by atoms with E-state index in [1.165, 1.54) is 24.3 Å². The van der Waals surface area contributed by atoms with Crippen LogP contribution in [0.3, 0.4) is 0 Å². The Morgan fingerprint density at radius 1 is 0.840 bits per heavy atom. The normalized spacial score (nSPS) is 16.2. The molecule has 1 saturated heterocycles. The molecule has 2 aromatic carbocycles. The van der Waals surface area contributed by atoms with Gasteiger partial charge in [0.2, 0.25) is 17.7 Å². The Kier molecular flexibility index (Phi) is 4.70.